The summed E-state index contributed by atoms with van der Waals surface area (Å²) in [5.41, 5.74) is 0.534. The van der Waals surface area contributed by atoms with Gasteiger partial charge in [-0.25, -0.2) is 4.39 Å². The molecule has 3 rings (SSSR count). The number of rotatable bonds is 5. The summed E-state index contributed by atoms with van der Waals surface area (Å²) in [6.07, 6.45) is 1.03. The molecule has 1 aliphatic rings. The van der Waals surface area contributed by atoms with Gasteiger partial charge in [0.15, 0.2) is 5.82 Å². The summed E-state index contributed by atoms with van der Waals surface area (Å²) in [6, 6.07) is 4.17. The maximum Gasteiger partial charge on any atom is 0.345 e. The Morgan fingerprint density at radius 2 is 2.04 bits per heavy atom. The van der Waals surface area contributed by atoms with E-state index in [0.29, 0.717) is 37.2 Å². The third kappa shape index (κ3) is 4.18. The summed E-state index contributed by atoms with van der Waals surface area (Å²) in [7, 11) is 0. The van der Waals surface area contributed by atoms with Crippen molar-refractivity contribution in [3.63, 3.8) is 0 Å². The molecule has 0 aliphatic heterocycles. The Balaban J connectivity index is 1.65. The van der Waals surface area contributed by atoms with Crippen molar-refractivity contribution in [2.45, 2.75) is 45.3 Å². The third-order valence-electron chi connectivity index (χ3n) is 4.42. The van der Waals surface area contributed by atoms with Crippen LogP contribution in [0.3, 0.4) is 0 Å². The largest absolute Gasteiger partial charge is 0.345 e. The molecule has 26 heavy (non-hydrogen) atoms. The minimum atomic E-state index is -2.81. The number of hydrogen-bond acceptors (Lipinski definition) is 5. The molecule has 1 aliphatic carbocycles. The summed E-state index contributed by atoms with van der Waals surface area (Å²) >= 11 is 0. The van der Waals surface area contributed by atoms with Crippen molar-refractivity contribution in [3.05, 3.63) is 29.8 Å². The van der Waals surface area contributed by atoms with Crippen molar-refractivity contribution in [3.8, 4) is 5.69 Å². The lowest BCUT2D eigenvalue weighted by molar-refractivity contribution is -0.171. The number of carbonyl (C=O) groups is 1. The minimum absolute atomic E-state index is 0.0216. The highest BCUT2D eigenvalue weighted by Crippen LogP contribution is 2.29. The molecule has 0 spiro atoms. The summed E-state index contributed by atoms with van der Waals surface area (Å²) in [6.45, 7) is -1.11. The number of aryl methyl sites for hydroxylation is 1. The van der Waals surface area contributed by atoms with E-state index in [9.17, 15) is 18.0 Å². The van der Waals surface area contributed by atoms with Crippen molar-refractivity contribution in [1.82, 2.24) is 20.2 Å². The summed E-state index contributed by atoms with van der Waals surface area (Å²) in [5, 5.41) is 13.7. The summed E-state index contributed by atoms with van der Waals surface area (Å²) in [4.78, 5) is 12.4. The molecule has 7 nitrogen and oxygen atoms in total. The van der Waals surface area contributed by atoms with Crippen LogP contribution in [0.2, 0.25) is 0 Å². The number of tetrazole rings is 1. The molecule has 1 heterocycles. The third-order valence-corrected chi connectivity index (χ3v) is 4.42. The van der Waals surface area contributed by atoms with Crippen LogP contribution in [-0.2, 0) is 9.53 Å². The van der Waals surface area contributed by atoms with Gasteiger partial charge in [-0.3, -0.25) is 4.79 Å². The van der Waals surface area contributed by atoms with Gasteiger partial charge in [0.2, 0.25) is 5.91 Å². The van der Waals surface area contributed by atoms with E-state index in [0.717, 1.165) is 0 Å². The molecule has 1 saturated carbocycles. The molecule has 10 heteroatoms. The molecule has 0 radical (unpaired) electrons. The Labute approximate surface area is 147 Å². The second kappa shape index (κ2) is 7.81. The molecule has 140 valence electrons. The van der Waals surface area contributed by atoms with Gasteiger partial charge in [0.25, 0.3) is 0 Å². The van der Waals surface area contributed by atoms with Crippen LogP contribution in [0, 0.1) is 18.7 Å². The summed E-state index contributed by atoms with van der Waals surface area (Å²) < 4.78 is 44.4. The van der Waals surface area contributed by atoms with Crippen LogP contribution in [0.1, 0.15) is 31.5 Å². The summed E-state index contributed by atoms with van der Waals surface area (Å²) in [5.74, 6) is -0.774. The van der Waals surface area contributed by atoms with E-state index >= 15 is 0 Å². The molecule has 1 N–H and O–H groups in total. The maximum absolute atomic E-state index is 14.1. The average Bonchev–Trinajstić information content (AvgIpc) is 3.03. The monoisotopic (exact) mass is 369 g/mol. The number of aromatic nitrogens is 4. The van der Waals surface area contributed by atoms with Crippen LogP contribution < -0.4 is 5.32 Å². The molecule has 0 bridgehead atoms. The minimum Gasteiger partial charge on any atom is -0.323 e. The fourth-order valence-electron chi connectivity index (χ4n) is 3.05. The zero-order valence-electron chi connectivity index (χ0n) is 14.0. The molecule has 2 aromatic rings. The highest BCUT2D eigenvalue weighted by Gasteiger charge is 2.28. The van der Waals surface area contributed by atoms with Gasteiger partial charge < -0.3 is 10.1 Å². The number of nitrogens with one attached hydrogen (secondary N) is 1. The number of halogens is 3. The second-order valence-electron chi connectivity index (χ2n) is 6.16. The van der Waals surface area contributed by atoms with E-state index < -0.39 is 18.5 Å². The fourth-order valence-corrected chi connectivity index (χ4v) is 3.05. The Hall–Kier alpha value is -2.49. The van der Waals surface area contributed by atoms with Gasteiger partial charge in [-0.2, -0.15) is 13.5 Å². The lowest BCUT2D eigenvalue weighted by Crippen LogP contribution is -2.31. The number of carbonyl (C=O) groups excluding carboxylic acids is 1. The predicted molar refractivity (Wildman–Crippen MR) is 85.3 cm³/mol. The van der Waals surface area contributed by atoms with E-state index in [2.05, 4.69) is 25.6 Å². The van der Waals surface area contributed by atoms with Crippen molar-refractivity contribution in [1.29, 1.82) is 0 Å². The Bertz CT molecular complexity index is 775. The lowest BCUT2D eigenvalue weighted by atomic mass is 9.86. The molecular formula is C16H18F3N5O2. The highest BCUT2D eigenvalue weighted by molar-refractivity contribution is 5.93. The number of anilines is 1. The van der Waals surface area contributed by atoms with Gasteiger partial charge in [-0.1, -0.05) is 0 Å². The van der Waals surface area contributed by atoms with E-state index in [1.165, 1.54) is 22.9 Å². The van der Waals surface area contributed by atoms with E-state index in [1.807, 2.05) is 0 Å². The van der Waals surface area contributed by atoms with Crippen LogP contribution in [0.5, 0.6) is 0 Å². The van der Waals surface area contributed by atoms with Gasteiger partial charge in [0.05, 0.1) is 17.5 Å². The van der Waals surface area contributed by atoms with Gasteiger partial charge >= 0.3 is 6.61 Å². The Kier molecular flexibility index (Phi) is 5.50. The van der Waals surface area contributed by atoms with E-state index in [1.54, 1.807) is 6.92 Å². The fraction of sp³-hybridized carbons (Fsp3) is 0.500. The number of nitrogens with zero attached hydrogens (tertiary/aromatic N) is 4. The van der Waals surface area contributed by atoms with Gasteiger partial charge in [-0.05, 0) is 61.2 Å². The lowest BCUT2D eigenvalue weighted by Gasteiger charge is -2.27. The Morgan fingerprint density at radius 1 is 1.31 bits per heavy atom. The van der Waals surface area contributed by atoms with Gasteiger partial charge in [0, 0.05) is 5.92 Å². The molecule has 0 atom stereocenters. The molecule has 0 unspecified atom stereocenters. The van der Waals surface area contributed by atoms with Crippen LogP contribution in [0.4, 0.5) is 18.9 Å². The van der Waals surface area contributed by atoms with Gasteiger partial charge in [-0.15, -0.1) is 5.10 Å². The predicted octanol–water partition coefficient (Wildman–Crippen LogP) is 2.85. The number of alkyl halides is 2. The first-order valence-corrected chi connectivity index (χ1v) is 8.23. The molecule has 1 aromatic carbocycles. The van der Waals surface area contributed by atoms with Crippen molar-refractivity contribution in [2.75, 3.05) is 5.32 Å². The molecule has 1 amide bonds. The zero-order valence-corrected chi connectivity index (χ0v) is 14.0. The number of benzene rings is 1. The topological polar surface area (TPSA) is 81.9 Å². The maximum atomic E-state index is 14.1. The molecule has 1 fully saturated rings. The van der Waals surface area contributed by atoms with Crippen LogP contribution in [0.25, 0.3) is 5.69 Å². The number of amides is 1. The molecule has 1 aromatic heterocycles. The van der Waals surface area contributed by atoms with E-state index in [4.69, 9.17) is 0 Å². The second-order valence-corrected chi connectivity index (χ2v) is 6.16. The average molecular weight is 369 g/mol. The first-order valence-electron chi connectivity index (χ1n) is 8.23. The molecule has 0 saturated heterocycles. The normalized spacial score (nSPS) is 20.3. The van der Waals surface area contributed by atoms with Crippen molar-refractivity contribution in [2.24, 2.45) is 5.92 Å². The van der Waals surface area contributed by atoms with E-state index in [-0.39, 0.29) is 17.5 Å². The SMILES string of the molecule is Cc1nnnn1-c1ccc(F)c(NC(=O)C2CCC(OC(F)F)CC2)c1. The first kappa shape index (κ1) is 18.3. The van der Waals surface area contributed by atoms with Crippen molar-refractivity contribution < 1.29 is 22.7 Å². The van der Waals surface area contributed by atoms with Crippen LogP contribution in [0.15, 0.2) is 18.2 Å². The molecular weight excluding hydrogens is 351 g/mol. The van der Waals surface area contributed by atoms with Crippen molar-refractivity contribution >= 4 is 11.6 Å². The highest BCUT2D eigenvalue weighted by atomic mass is 19.3. The zero-order chi connectivity index (χ0) is 18.7. The first-order chi connectivity index (χ1) is 12.4. The van der Waals surface area contributed by atoms with Crippen LogP contribution in [-0.4, -0.2) is 38.8 Å². The number of hydrogen-bond donors (Lipinski definition) is 1. The number of ether oxygens (including phenoxy) is 1. The van der Waals surface area contributed by atoms with Crippen LogP contribution >= 0.6 is 0 Å². The quantitative estimate of drug-likeness (QED) is 0.876. The standard InChI is InChI=1S/C16H18F3N5O2/c1-9-21-22-23-24(9)11-4-7-13(17)14(8-11)20-15(25)10-2-5-12(6-3-10)26-16(18)19/h4,7-8,10,12,16H,2-3,5-6H2,1H3,(H,20,25). The smallest absolute Gasteiger partial charge is 0.323 e. The Morgan fingerprint density at radius 3 is 2.65 bits per heavy atom. The van der Waals surface area contributed by atoms with Gasteiger partial charge in [0.1, 0.15) is 5.82 Å².